The number of fused-ring (bicyclic) bond motifs is 1. The van der Waals surface area contributed by atoms with E-state index in [1.807, 2.05) is 7.05 Å². The lowest BCUT2D eigenvalue weighted by Crippen LogP contribution is -2.12. The second-order valence-corrected chi connectivity index (χ2v) is 4.52. The second-order valence-electron chi connectivity index (χ2n) is 4.52. The lowest BCUT2D eigenvalue weighted by atomic mass is 10.1. The minimum absolute atomic E-state index is 0.823. The van der Waals surface area contributed by atoms with Crippen LogP contribution >= 0.6 is 0 Å². The summed E-state index contributed by atoms with van der Waals surface area (Å²) in [6, 6.07) is 6.51. The van der Waals surface area contributed by atoms with E-state index in [1.54, 1.807) is 12.4 Å². The maximum absolute atomic E-state index is 4.43. The number of nitrogens with one attached hydrogen (secondary N) is 1. The van der Waals surface area contributed by atoms with Crippen molar-refractivity contribution in [1.29, 1.82) is 0 Å². The molecule has 0 amide bonds. The maximum Gasteiger partial charge on any atom is 0.152 e. The Morgan fingerprint density at radius 2 is 2.06 bits per heavy atom. The molecule has 0 spiro atoms. The quantitative estimate of drug-likeness (QED) is 0.873. The van der Waals surface area contributed by atoms with Gasteiger partial charge in [0, 0.05) is 44.3 Å². The first-order valence-electron chi connectivity index (χ1n) is 6.13. The molecule has 0 radical (unpaired) electrons. The van der Waals surface area contributed by atoms with E-state index in [0.29, 0.717) is 0 Å². The molecule has 1 aliphatic rings. The minimum atomic E-state index is 0.823. The smallest absolute Gasteiger partial charge is 0.152 e. The van der Waals surface area contributed by atoms with Crippen molar-refractivity contribution in [2.45, 2.75) is 6.42 Å². The molecule has 0 unspecified atom stereocenters. The summed E-state index contributed by atoms with van der Waals surface area (Å²) in [6.07, 6.45) is 4.54. The zero-order valence-corrected chi connectivity index (χ0v) is 10.6. The average Bonchev–Trinajstić information content (AvgIpc) is 2.80. The average molecular weight is 240 g/mol. The van der Waals surface area contributed by atoms with Crippen LogP contribution in [0.1, 0.15) is 5.56 Å². The summed E-state index contributed by atoms with van der Waals surface area (Å²) in [7, 11) is 4.00. The highest BCUT2D eigenvalue weighted by atomic mass is 15.1. The van der Waals surface area contributed by atoms with Crippen LogP contribution in [0.5, 0.6) is 0 Å². The maximum atomic E-state index is 4.43. The van der Waals surface area contributed by atoms with Crippen molar-refractivity contribution in [2.24, 2.45) is 0 Å². The van der Waals surface area contributed by atoms with Crippen molar-refractivity contribution >= 4 is 11.5 Å². The number of aromatic nitrogens is 2. The SMILES string of the molecule is CNc1nccnc1-c1ccc2c(c1)CCN2C. The largest absolute Gasteiger partial charge is 0.374 e. The molecule has 2 aromatic rings. The standard InChI is InChI=1S/C14H16N4/c1-15-14-13(16-6-7-17-14)11-3-4-12-10(9-11)5-8-18(12)2/h3-4,6-7,9H,5,8H2,1-2H3,(H,15,17). The van der Waals surface area contributed by atoms with Gasteiger partial charge in [0.05, 0.1) is 0 Å². The highest BCUT2D eigenvalue weighted by Gasteiger charge is 2.17. The van der Waals surface area contributed by atoms with Gasteiger partial charge >= 0.3 is 0 Å². The van der Waals surface area contributed by atoms with Crippen molar-refractivity contribution in [3.63, 3.8) is 0 Å². The van der Waals surface area contributed by atoms with Gasteiger partial charge < -0.3 is 10.2 Å². The Morgan fingerprint density at radius 1 is 1.22 bits per heavy atom. The highest BCUT2D eigenvalue weighted by Crippen LogP contribution is 2.32. The molecular formula is C14H16N4. The van der Waals surface area contributed by atoms with E-state index >= 15 is 0 Å². The van der Waals surface area contributed by atoms with E-state index in [2.05, 4.69) is 45.4 Å². The molecule has 2 heterocycles. The summed E-state index contributed by atoms with van der Waals surface area (Å²) in [4.78, 5) is 11.0. The predicted octanol–water partition coefficient (Wildman–Crippen LogP) is 2.18. The van der Waals surface area contributed by atoms with Crippen molar-refractivity contribution in [3.05, 3.63) is 36.2 Å². The number of benzene rings is 1. The Balaban J connectivity index is 2.08. The van der Waals surface area contributed by atoms with Gasteiger partial charge in [0.2, 0.25) is 0 Å². The number of nitrogens with zero attached hydrogens (tertiary/aromatic N) is 3. The molecule has 0 aliphatic carbocycles. The summed E-state index contributed by atoms with van der Waals surface area (Å²) < 4.78 is 0. The van der Waals surface area contributed by atoms with Gasteiger partial charge in [-0.05, 0) is 24.1 Å². The van der Waals surface area contributed by atoms with Gasteiger partial charge in [0.15, 0.2) is 5.82 Å². The number of rotatable bonds is 2. The predicted molar refractivity (Wildman–Crippen MR) is 74.0 cm³/mol. The van der Waals surface area contributed by atoms with Crippen molar-refractivity contribution in [3.8, 4) is 11.3 Å². The number of likely N-dealkylation sites (N-methyl/N-ethyl adjacent to an activating group) is 1. The van der Waals surface area contributed by atoms with Gasteiger partial charge in [0.1, 0.15) is 5.69 Å². The van der Waals surface area contributed by atoms with Crippen molar-refractivity contribution < 1.29 is 0 Å². The Morgan fingerprint density at radius 3 is 2.89 bits per heavy atom. The molecule has 1 aromatic carbocycles. The third kappa shape index (κ3) is 1.70. The lowest BCUT2D eigenvalue weighted by Gasteiger charge is -2.12. The zero-order chi connectivity index (χ0) is 12.5. The summed E-state index contributed by atoms with van der Waals surface area (Å²) in [5.74, 6) is 0.823. The van der Waals surface area contributed by atoms with Gasteiger partial charge in [-0.2, -0.15) is 0 Å². The minimum Gasteiger partial charge on any atom is -0.374 e. The monoisotopic (exact) mass is 240 g/mol. The molecule has 0 fully saturated rings. The van der Waals surface area contributed by atoms with Crippen LogP contribution in [0.4, 0.5) is 11.5 Å². The molecule has 18 heavy (non-hydrogen) atoms. The van der Waals surface area contributed by atoms with E-state index in [4.69, 9.17) is 0 Å². The van der Waals surface area contributed by atoms with Gasteiger partial charge in [-0.15, -0.1) is 0 Å². The van der Waals surface area contributed by atoms with Gasteiger partial charge in [-0.1, -0.05) is 6.07 Å². The van der Waals surface area contributed by atoms with Crippen LogP contribution in [0.25, 0.3) is 11.3 Å². The summed E-state index contributed by atoms with van der Waals surface area (Å²) >= 11 is 0. The van der Waals surface area contributed by atoms with Crippen LogP contribution in [-0.4, -0.2) is 30.6 Å². The van der Waals surface area contributed by atoms with Crippen molar-refractivity contribution in [1.82, 2.24) is 9.97 Å². The van der Waals surface area contributed by atoms with Gasteiger partial charge in [-0.25, -0.2) is 4.98 Å². The van der Waals surface area contributed by atoms with Crippen LogP contribution in [0.3, 0.4) is 0 Å². The summed E-state index contributed by atoms with van der Waals surface area (Å²) in [6.45, 7) is 1.10. The van der Waals surface area contributed by atoms with Crippen LogP contribution < -0.4 is 10.2 Å². The first-order valence-corrected chi connectivity index (χ1v) is 6.13. The van der Waals surface area contributed by atoms with Gasteiger partial charge in [0.25, 0.3) is 0 Å². The fraction of sp³-hybridized carbons (Fsp3) is 0.286. The van der Waals surface area contributed by atoms with Crippen molar-refractivity contribution in [2.75, 3.05) is 30.9 Å². The Hall–Kier alpha value is -2.10. The molecule has 0 saturated carbocycles. The van der Waals surface area contributed by atoms with E-state index in [9.17, 15) is 0 Å². The Labute approximate surface area is 107 Å². The normalized spacial score (nSPS) is 13.6. The van der Waals surface area contributed by atoms with E-state index in [1.165, 1.54) is 11.3 Å². The molecule has 0 bridgehead atoms. The first kappa shape index (κ1) is 11.0. The fourth-order valence-corrected chi connectivity index (χ4v) is 2.45. The molecule has 1 aromatic heterocycles. The molecule has 1 aliphatic heterocycles. The Bertz CT molecular complexity index is 580. The lowest BCUT2D eigenvalue weighted by molar-refractivity contribution is 0.956. The highest BCUT2D eigenvalue weighted by molar-refractivity contribution is 5.74. The van der Waals surface area contributed by atoms with Crippen LogP contribution in [0.2, 0.25) is 0 Å². The number of anilines is 2. The third-order valence-corrected chi connectivity index (χ3v) is 3.42. The van der Waals surface area contributed by atoms with E-state index in [0.717, 1.165) is 30.0 Å². The summed E-state index contributed by atoms with van der Waals surface area (Å²) in [5, 5.41) is 3.09. The molecule has 3 rings (SSSR count). The molecule has 0 saturated heterocycles. The van der Waals surface area contributed by atoms with Crippen LogP contribution in [0, 0.1) is 0 Å². The number of hydrogen-bond donors (Lipinski definition) is 1. The van der Waals surface area contributed by atoms with Crippen LogP contribution in [-0.2, 0) is 6.42 Å². The Kier molecular flexibility index (Phi) is 2.63. The fourth-order valence-electron chi connectivity index (χ4n) is 2.45. The zero-order valence-electron chi connectivity index (χ0n) is 10.6. The topological polar surface area (TPSA) is 41.1 Å². The molecule has 0 atom stereocenters. The molecular weight excluding hydrogens is 224 g/mol. The summed E-state index contributed by atoms with van der Waals surface area (Å²) in [5.41, 5.74) is 4.76. The van der Waals surface area contributed by atoms with E-state index < -0.39 is 0 Å². The second kappa shape index (κ2) is 4.29. The molecule has 4 heteroatoms. The third-order valence-electron chi connectivity index (χ3n) is 3.42. The molecule has 92 valence electrons. The number of hydrogen-bond acceptors (Lipinski definition) is 4. The molecule has 4 nitrogen and oxygen atoms in total. The van der Waals surface area contributed by atoms with E-state index in [-0.39, 0.29) is 0 Å². The molecule has 1 N–H and O–H groups in total. The first-order chi connectivity index (χ1) is 8.79. The van der Waals surface area contributed by atoms with Crippen LogP contribution in [0.15, 0.2) is 30.6 Å². The van der Waals surface area contributed by atoms with Gasteiger partial charge in [-0.3, -0.25) is 4.98 Å².